The lowest BCUT2D eigenvalue weighted by Crippen LogP contribution is -2.43. The van der Waals surface area contributed by atoms with Crippen molar-refractivity contribution >= 4 is 35.1 Å². The van der Waals surface area contributed by atoms with E-state index in [-0.39, 0.29) is 22.3 Å². The lowest BCUT2D eigenvalue weighted by molar-refractivity contribution is -0.140. The molecule has 1 heterocycles. The van der Waals surface area contributed by atoms with Crippen LogP contribution in [-0.4, -0.2) is 41.7 Å². The summed E-state index contributed by atoms with van der Waals surface area (Å²) in [6.07, 6.45) is 1.20. The van der Waals surface area contributed by atoms with E-state index in [4.69, 9.17) is 28.3 Å². The van der Waals surface area contributed by atoms with Crippen molar-refractivity contribution in [1.82, 2.24) is 10.3 Å². The summed E-state index contributed by atoms with van der Waals surface area (Å²) in [5.74, 6) is -1.82. The summed E-state index contributed by atoms with van der Waals surface area (Å²) in [6.45, 7) is -0.143. The molecule has 0 saturated heterocycles. The highest BCUT2D eigenvalue weighted by molar-refractivity contribution is 6.41. The molecule has 0 fully saturated rings. The first-order chi connectivity index (χ1) is 8.45. The maximum Gasteiger partial charge on any atom is 0.328 e. The van der Waals surface area contributed by atoms with Crippen molar-refractivity contribution in [1.29, 1.82) is 0 Å². The first-order valence-electron chi connectivity index (χ1n) is 4.79. The number of hydrogen-bond acceptors (Lipinski definition) is 4. The Kier molecular flexibility index (Phi) is 5.33. The molecule has 0 radical (unpaired) electrons. The van der Waals surface area contributed by atoms with Gasteiger partial charge in [0.25, 0.3) is 5.91 Å². The first-order valence-corrected chi connectivity index (χ1v) is 5.55. The van der Waals surface area contributed by atoms with Gasteiger partial charge in [0.1, 0.15) is 5.15 Å². The molecule has 2 N–H and O–H groups in total. The lowest BCUT2D eigenvalue weighted by atomic mass is 10.2. The van der Waals surface area contributed by atoms with E-state index in [9.17, 15) is 9.59 Å². The molecule has 1 rings (SSSR count). The molecule has 1 aromatic heterocycles. The molecule has 1 unspecified atom stereocenters. The number of ether oxygens (including phenoxy) is 1. The van der Waals surface area contributed by atoms with Gasteiger partial charge in [-0.2, -0.15) is 0 Å². The molecule has 98 valence electrons. The number of methoxy groups -OCH3 is 1. The Morgan fingerprint density at radius 3 is 2.72 bits per heavy atom. The molecule has 0 saturated carbocycles. The van der Waals surface area contributed by atoms with Gasteiger partial charge in [0.05, 0.1) is 17.2 Å². The van der Waals surface area contributed by atoms with Crippen molar-refractivity contribution in [3.05, 3.63) is 28.0 Å². The third-order valence-corrected chi connectivity index (χ3v) is 2.68. The Morgan fingerprint density at radius 2 is 2.22 bits per heavy atom. The van der Waals surface area contributed by atoms with Crippen molar-refractivity contribution in [3.8, 4) is 0 Å². The molecule has 0 bridgehead atoms. The van der Waals surface area contributed by atoms with Gasteiger partial charge in [-0.3, -0.25) is 4.79 Å². The fraction of sp³-hybridized carbons (Fsp3) is 0.300. The molecule has 0 spiro atoms. The first kappa shape index (κ1) is 14.7. The molecule has 1 aromatic rings. The standard InChI is InChI=1S/C10H10Cl2N2O4/c1-18-4-7(10(16)17)14-9(15)5-2-6(11)8(12)13-3-5/h2-3,7H,4H2,1H3,(H,14,15)(H,16,17). The zero-order chi connectivity index (χ0) is 13.7. The zero-order valence-corrected chi connectivity index (χ0v) is 10.8. The van der Waals surface area contributed by atoms with Crippen molar-refractivity contribution in [2.24, 2.45) is 0 Å². The van der Waals surface area contributed by atoms with Crippen molar-refractivity contribution in [3.63, 3.8) is 0 Å². The van der Waals surface area contributed by atoms with Crippen molar-refractivity contribution < 1.29 is 19.4 Å². The summed E-state index contributed by atoms with van der Waals surface area (Å²) >= 11 is 11.3. The van der Waals surface area contributed by atoms with Crippen molar-refractivity contribution in [2.75, 3.05) is 13.7 Å². The average Bonchev–Trinajstić information content (AvgIpc) is 2.31. The van der Waals surface area contributed by atoms with E-state index < -0.39 is 17.9 Å². The Balaban J connectivity index is 2.80. The van der Waals surface area contributed by atoms with Crippen LogP contribution in [0, 0.1) is 0 Å². The second kappa shape index (κ2) is 6.53. The van der Waals surface area contributed by atoms with Crippen LogP contribution in [0.4, 0.5) is 0 Å². The molecule has 1 amide bonds. The van der Waals surface area contributed by atoms with Gasteiger partial charge in [0.2, 0.25) is 0 Å². The van der Waals surface area contributed by atoms with E-state index >= 15 is 0 Å². The van der Waals surface area contributed by atoms with Gasteiger partial charge in [-0.05, 0) is 6.07 Å². The van der Waals surface area contributed by atoms with Crippen LogP contribution < -0.4 is 5.32 Å². The van der Waals surface area contributed by atoms with Crippen LogP contribution in [0.25, 0.3) is 0 Å². The van der Waals surface area contributed by atoms with Crippen LogP contribution in [0.5, 0.6) is 0 Å². The number of aromatic nitrogens is 1. The monoisotopic (exact) mass is 292 g/mol. The second-order valence-electron chi connectivity index (χ2n) is 3.32. The number of hydrogen-bond donors (Lipinski definition) is 2. The van der Waals surface area contributed by atoms with Gasteiger partial charge in [0, 0.05) is 13.3 Å². The number of rotatable bonds is 5. The van der Waals surface area contributed by atoms with Gasteiger partial charge >= 0.3 is 5.97 Å². The highest BCUT2D eigenvalue weighted by Gasteiger charge is 2.21. The van der Waals surface area contributed by atoms with Crippen LogP contribution in [0.3, 0.4) is 0 Å². The third kappa shape index (κ3) is 3.83. The zero-order valence-electron chi connectivity index (χ0n) is 9.31. The molecule has 0 aliphatic carbocycles. The van der Waals surface area contributed by atoms with E-state index in [1.165, 1.54) is 19.4 Å². The van der Waals surface area contributed by atoms with Crippen LogP contribution in [0.1, 0.15) is 10.4 Å². The quantitative estimate of drug-likeness (QED) is 0.797. The van der Waals surface area contributed by atoms with E-state index in [1.807, 2.05) is 0 Å². The average molecular weight is 293 g/mol. The van der Waals surface area contributed by atoms with E-state index in [0.717, 1.165) is 0 Å². The Morgan fingerprint density at radius 1 is 1.56 bits per heavy atom. The molecule has 6 nitrogen and oxygen atoms in total. The van der Waals surface area contributed by atoms with Gasteiger partial charge in [-0.1, -0.05) is 23.2 Å². The highest BCUT2D eigenvalue weighted by atomic mass is 35.5. The Bertz CT molecular complexity index is 467. The number of halogens is 2. The molecule has 0 aromatic carbocycles. The van der Waals surface area contributed by atoms with Crippen LogP contribution in [0.2, 0.25) is 10.2 Å². The maximum atomic E-state index is 11.7. The van der Waals surface area contributed by atoms with E-state index in [2.05, 4.69) is 15.0 Å². The third-order valence-electron chi connectivity index (χ3n) is 2.00. The van der Waals surface area contributed by atoms with Crippen LogP contribution in [0.15, 0.2) is 12.3 Å². The number of aliphatic carboxylic acids is 1. The SMILES string of the molecule is COCC(NC(=O)c1cnc(Cl)c(Cl)c1)C(=O)O. The Hall–Kier alpha value is -1.37. The summed E-state index contributed by atoms with van der Waals surface area (Å²) in [5.41, 5.74) is 0.117. The molecular weight excluding hydrogens is 283 g/mol. The molecule has 8 heteroatoms. The van der Waals surface area contributed by atoms with Gasteiger partial charge in [-0.15, -0.1) is 0 Å². The van der Waals surface area contributed by atoms with Crippen LogP contribution in [-0.2, 0) is 9.53 Å². The lowest BCUT2D eigenvalue weighted by Gasteiger charge is -2.13. The number of carbonyl (C=O) groups excluding carboxylic acids is 1. The predicted octanol–water partition coefficient (Wildman–Crippen LogP) is 1.22. The molecule has 1 atom stereocenters. The van der Waals surface area contributed by atoms with Gasteiger partial charge in [-0.25, -0.2) is 9.78 Å². The largest absolute Gasteiger partial charge is 0.480 e. The maximum absolute atomic E-state index is 11.7. The van der Waals surface area contributed by atoms with Gasteiger partial charge < -0.3 is 15.2 Å². The number of nitrogens with one attached hydrogen (secondary N) is 1. The smallest absolute Gasteiger partial charge is 0.328 e. The molecule has 0 aliphatic heterocycles. The minimum absolute atomic E-state index is 0.0693. The minimum Gasteiger partial charge on any atom is -0.480 e. The summed E-state index contributed by atoms with van der Waals surface area (Å²) in [4.78, 5) is 26.2. The van der Waals surface area contributed by atoms with Crippen LogP contribution >= 0.6 is 23.2 Å². The van der Waals surface area contributed by atoms with E-state index in [0.29, 0.717) is 0 Å². The second-order valence-corrected chi connectivity index (χ2v) is 4.08. The topological polar surface area (TPSA) is 88.5 Å². The molecular formula is C10H10Cl2N2O4. The Labute approximate surface area is 113 Å². The number of carboxylic acid groups (broad SMARTS) is 1. The number of carbonyl (C=O) groups is 2. The molecule has 18 heavy (non-hydrogen) atoms. The number of carboxylic acids is 1. The number of pyridine rings is 1. The van der Waals surface area contributed by atoms with E-state index in [1.54, 1.807) is 0 Å². The van der Waals surface area contributed by atoms with Crippen molar-refractivity contribution in [2.45, 2.75) is 6.04 Å². The summed E-state index contributed by atoms with van der Waals surface area (Å²) in [6, 6.07) is 0.162. The summed E-state index contributed by atoms with van der Waals surface area (Å²) < 4.78 is 4.69. The molecule has 0 aliphatic rings. The normalized spacial score (nSPS) is 11.9. The number of nitrogens with zero attached hydrogens (tertiary/aromatic N) is 1. The predicted molar refractivity (Wildman–Crippen MR) is 65.0 cm³/mol. The highest BCUT2D eigenvalue weighted by Crippen LogP contribution is 2.19. The number of amides is 1. The summed E-state index contributed by atoms with van der Waals surface area (Å²) in [5, 5.41) is 11.3. The summed E-state index contributed by atoms with van der Waals surface area (Å²) in [7, 11) is 1.34. The fourth-order valence-electron chi connectivity index (χ4n) is 1.13. The van der Waals surface area contributed by atoms with Gasteiger partial charge in [0.15, 0.2) is 6.04 Å². The fourth-order valence-corrected chi connectivity index (χ4v) is 1.40. The minimum atomic E-state index is -1.20.